The molecule has 0 atom stereocenters. The molecule has 0 unspecified atom stereocenters. The van der Waals surface area contributed by atoms with E-state index in [1.54, 1.807) is 30.6 Å². The molecule has 1 fully saturated rings. The number of benzene rings is 1. The first kappa shape index (κ1) is 16.7. The lowest BCUT2D eigenvalue weighted by atomic mass is 10.1. The van der Waals surface area contributed by atoms with E-state index in [0.717, 1.165) is 5.69 Å². The highest BCUT2D eigenvalue weighted by atomic mass is 16.7. The number of aromatic nitrogens is 1. The summed E-state index contributed by atoms with van der Waals surface area (Å²) in [6.07, 6.45) is 10.9. The maximum atomic E-state index is 12.6. The second kappa shape index (κ2) is 7.64. The Kier molecular flexibility index (Phi) is 4.91. The molecule has 4 rings (SSSR count). The van der Waals surface area contributed by atoms with Gasteiger partial charge in [0, 0.05) is 30.2 Å². The molecular weight excluding hydrogens is 330 g/mol. The number of hydrogen-bond donors (Lipinski definition) is 2. The van der Waals surface area contributed by atoms with Gasteiger partial charge in [0.05, 0.1) is 11.3 Å². The van der Waals surface area contributed by atoms with Crippen molar-refractivity contribution in [2.45, 2.75) is 44.6 Å². The molecular formula is C20H23N3O3. The number of rotatable bonds is 4. The van der Waals surface area contributed by atoms with Crippen LogP contribution < -0.4 is 20.1 Å². The van der Waals surface area contributed by atoms with Crippen molar-refractivity contribution in [2.75, 3.05) is 17.4 Å². The van der Waals surface area contributed by atoms with Crippen LogP contribution in [0.3, 0.4) is 0 Å². The normalized spacial score (nSPS) is 16.8. The first-order valence-electron chi connectivity index (χ1n) is 9.20. The van der Waals surface area contributed by atoms with Gasteiger partial charge in [-0.15, -0.1) is 0 Å². The predicted octanol–water partition coefficient (Wildman–Crippen LogP) is 4.20. The fourth-order valence-electron chi connectivity index (χ4n) is 3.48. The van der Waals surface area contributed by atoms with Crippen LogP contribution in [0.1, 0.15) is 48.9 Å². The fraction of sp³-hybridized carbons (Fsp3) is 0.400. The zero-order valence-corrected chi connectivity index (χ0v) is 14.7. The Balaban J connectivity index is 1.43. The zero-order valence-electron chi connectivity index (χ0n) is 14.7. The molecule has 0 radical (unpaired) electrons. The van der Waals surface area contributed by atoms with Crippen LogP contribution >= 0.6 is 0 Å². The minimum absolute atomic E-state index is 0.194. The Morgan fingerprint density at radius 1 is 0.962 bits per heavy atom. The lowest BCUT2D eigenvalue weighted by Crippen LogP contribution is -2.19. The third kappa shape index (κ3) is 3.90. The van der Waals surface area contributed by atoms with E-state index in [1.165, 1.54) is 38.5 Å². The molecule has 0 bridgehead atoms. The number of hydrogen-bond acceptors (Lipinski definition) is 5. The van der Waals surface area contributed by atoms with Gasteiger partial charge in [-0.05, 0) is 31.0 Å². The molecule has 0 saturated heterocycles. The van der Waals surface area contributed by atoms with Crippen LogP contribution in [0.5, 0.6) is 11.5 Å². The maximum absolute atomic E-state index is 12.6. The molecule has 2 heterocycles. The van der Waals surface area contributed by atoms with Crippen molar-refractivity contribution >= 4 is 17.3 Å². The van der Waals surface area contributed by atoms with E-state index in [2.05, 4.69) is 15.6 Å². The van der Waals surface area contributed by atoms with Gasteiger partial charge in [0.15, 0.2) is 11.5 Å². The predicted molar refractivity (Wildman–Crippen MR) is 99.9 cm³/mol. The van der Waals surface area contributed by atoms with E-state index >= 15 is 0 Å². The number of carbonyl (C=O) groups is 1. The lowest BCUT2D eigenvalue weighted by molar-refractivity contribution is 0.102. The third-order valence-electron chi connectivity index (χ3n) is 4.86. The highest BCUT2D eigenvalue weighted by Crippen LogP contribution is 2.34. The molecule has 2 N–H and O–H groups in total. The molecule has 136 valence electrons. The van der Waals surface area contributed by atoms with Gasteiger partial charge in [0.25, 0.3) is 5.91 Å². The third-order valence-corrected chi connectivity index (χ3v) is 4.86. The molecule has 1 aliphatic carbocycles. The summed E-state index contributed by atoms with van der Waals surface area (Å²) in [6, 6.07) is 7.68. The highest BCUT2D eigenvalue weighted by Gasteiger charge is 2.16. The van der Waals surface area contributed by atoms with Crippen molar-refractivity contribution in [2.24, 2.45) is 0 Å². The summed E-state index contributed by atoms with van der Waals surface area (Å²) in [4.78, 5) is 16.8. The van der Waals surface area contributed by atoms with Crippen LogP contribution in [-0.2, 0) is 0 Å². The van der Waals surface area contributed by atoms with E-state index in [9.17, 15) is 4.79 Å². The number of ether oxygens (including phenoxy) is 2. The summed E-state index contributed by atoms with van der Waals surface area (Å²) in [7, 11) is 0. The van der Waals surface area contributed by atoms with Gasteiger partial charge >= 0.3 is 0 Å². The Hall–Kier alpha value is -2.76. The topological polar surface area (TPSA) is 72.5 Å². The minimum atomic E-state index is -0.194. The van der Waals surface area contributed by atoms with Crippen LogP contribution in [0.15, 0.2) is 36.7 Å². The molecule has 1 amide bonds. The molecule has 26 heavy (non-hydrogen) atoms. The molecule has 1 saturated carbocycles. The van der Waals surface area contributed by atoms with Crippen LogP contribution in [-0.4, -0.2) is 23.7 Å². The molecule has 0 spiro atoms. The van der Waals surface area contributed by atoms with Gasteiger partial charge < -0.3 is 20.1 Å². The molecule has 2 aromatic rings. The monoisotopic (exact) mass is 353 g/mol. The number of amides is 1. The van der Waals surface area contributed by atoms with E-state index in [-0.39, 0.29) is 12.7 Å². The lowest BCUT2D eigenvalue weighted by Gasteiger charge is -2.17. The first-order chi connectivity index (χ1) is 12.8. The van der Waals surface area contributed by atoms with E-state index in [4.69, 9.17) is 9.47 Å². The molecule has 1 aromatic heterocycles. The van der Waals surface area contributed by atoms with Gasteiger partial charge in [-0.1, -0.05) is 25.7 Å². The summed E-state index contributed by atoms with van der Waals surface area (Å²) in [5.74, 6) is 1.14. The van der Waals surface area contributed by atoms with Crippen molar-refractivity contribution in [3.05, 3.63) is 42.2 Å². The molecule has 6 nitrogen and oxygen atoms in total. The van der Waals surface area contributed by atoms with Crippen LogP contribution in [0.25, 0.3) is 0 Å². The molecule has 2 aliphatic rings. The van der Waals surface area contributed by atoms with Crippen molar-refractivity contribution < 1.29 is 14.3 Å². The quantitative estimate of drug-likeness (QED) is 0.806. The number of carbonyl (C=O) groups excluding carboxylic acids is 1. The van der Waals surface area contributed by atoms with Gasteiger partial charge in [0.1, 0.15) is 0 Å². The second-order valence-corrected chi connectivity index (χ2v) is 6.82. The summed E-state index contributed by atoms with van der Waals surface area (Å²) in [5.41, 5.74) is 2.10. The second-order valence-electron chi connectivity index (χ2n) is 6.82. The smallest absolute Gasteiger partial charge is 0.257 e. The fourth-order valence-corrected chi connectivity index (χ4v) is 3.48. The van der Waals surface area contributed by atoms with Gasteiger partial charge in [-0.2, -0.15) is 0 Å². The number of anilines is 2. The average molecular weight is 353 g/mol. The van der Waals surface area contributed by atoms with E-state index in [1.807, 2.05) is 6.07 Å². The molecule has 1 aliphatic heterocycles. The number of nitrogens with zero attached hydrogens (tertiary/aromatic N) is 1. The standard InChI is InChI=1S/C20H23N3O3/c24-20(23-16-7-8-18-19(10-16)26-13-25-18)14-9-17(12-21-11-14)22-15-5-3-1-2-4-6-15/h7-12,15,22H,1-6,13H2,(H,23,24). The van der Waals surface area contributed by atoms with Crippen molar-refractivity contribution in [1.82, 2.24) is 4.98 Å². The van der Waals surface area contributed by atoms with Crippen LogP contribution in [0.2, 0.25) is 0 Å². The Labute approximate surface area is 152 Å². The number of nitrogens with one attached hydrogen (secondary N) is 2. The summed E-state index contributed by atoms with van der Waals surface area (Å²) in [6.45, 7) is 0.214. The Morgan fingerprint density at radius 2 is 1.77 bits per heavy atom. The van der Waals surface area contributed by atoms with E-state index in [0.29, 0.717) is 28.8 Å². The van der Waals surface area contributed by atoms with Gasteiger partial charge in [-0.3, -0.25) is 9.78 Å². The number of fused-ring (bicyclic) bond motifs is 1. The average Bonchev–Trinajstić information content (AvgIpc) is 2.97. The SMILES string of the molecule is O=C(Nc1ccc2c(c1)OCO2)c1cncc(NC2CCCCCC2)c1. The van der Waals surface area contributed by atoms with Crippen molar-refractivity contribution in [3.8, 4) is 11.5 Å². The summed E-state index contributed by atoms with van der Waals surface area (Å²) < 4.78 is 10.6. The van der Waals surface area contributed by atoms with Gasteiger partial charge in [0.2, 0.25) is 6.79 Å². The largest absolute Gasteiger partial charge is 0.454 e. The van der Waals surface area contributed by atoms with Crippen molar-refractivity contribution in [1.29, 1.82) is 0 Å². The first-order valence-corrected chi connectivity index (χ1v) is 9.20. The summed E-state index contributed by atoms with van der Waals surface area (Å²) >= 11 is 0. The van der Waals surface area contributed by atoms with Crippen molar-refractivity contribution in [3.63, 3.8) is 0 Å². The number of pyridine rings is 1. The highest BCUT2D eigenvalue weighted by molar-refractivity contribution is 6.04. The Bertz CT molecular complexity index is 786. The minimum Gasteiger partial charge on any atom is -0.454 e. The molecule has 1 aromatic carbocycles. The van der Waals surface area contributed by atoms with Crippen LogP contribution in [0.4, 0.5) is 11.4 Å². The van der Waals surface area contributed by atoms with Gasteiger partial charge in [-0.25, -0.2) is 0 Å². The Morgan fingerprint density at radius 3 is 2.62 bits per heavy atom. The van der Waals surface area contributed by atoms with Crippen LogP contribution in [0, 0.1) is 0 Å². The van der Waals surface area contributed by atoms with E-state index < -0.39 is 0 Å². The zero-order chi connectivity index (χ0) is 17.8. The molecule has 6 heteroatoms. The maximum Gasteiger partial charge on any atom is 0.257 e. The summed E-state index contributed by atoms with van der Waals surface area (Å²) in [5, 5.41) is 6.42.